The van der Waals surface area contributed by atoms with Gasteiger partial charge in [0.1, 0.15) is 0 Å². The fraction of sp³-hybridized carbons (Fsp3) is 0.102. The van der Waals surface area contributed by atoms with Gasteiger partial charge in [0.05, 0.1) is 11.0 Å². The highest BCUT2D eigenvalue weighted by Gasteiger charge is 2.53. The van der Waals surface area contributed by atoms with Gasteiger partial charge in [0.2, 0.25) is 0 Å². The molecule has 0 N–H and O–H groups in total. The Morgan fingerprint density at radius 1 is 0.679 bits per heavy atom. The van der Waals surface area contributed by atoms with E-state index in [2.05, 4.69) is 145 Å². The van der Waals surface area contributed by atoms with Gasteiger partial charge in [-0.05, 0) is 95.3 Å². The third-order valence-corrected chi connectivity index (χ3v) is 12.5. The number of nitrogens with zero attached hydrogens (tertiary/aromatic N) is 1. The minimum atomic E-state index is -0.568. The smallest absolute Gasteiger partial charge is 0.197 e. The van der Waals surface area contributed by atoms with Crippen molar-refractivity contribution < 1.29 is 9.59 Å². The van der Waals surface area contributed by atoms with E-state index in [9.17, 15) is 9.59 Å². The Morgan fingerprint density at radius 3 is 1.94 bits per heavy atom. The van der Waals surface area contributed by atoms with Crippen molar-refractivity contribution in [2.75, 3.05) is 4.90 Å². The molecule has 2 atom stereocenters. The van der Waals surface area contributed by atoms with E-state index in [0.29, 0.717) is 11.1 Å². The Balaban J connectivity index is 1.18. The molecule has 4 aromatic carbocycles. The summed E-state index contributed by atoms with van der Waals surface area (Å²) in [4.78, 5) is 32.1. The lowest BCUT2D eigenvalue weighted by Crippen LogP contribution is -2.26. The molecular formula is C49H35NO2S. The van der Waals surface area contributed by atoms with Crippen molar-refractivity contribution in [1.82, 2.24) is 0 Å². The number of allylic oxidation sites excluding steroid dienone is 13. The second-order valence-corrected chi connectivity index (χ2v) is 15.4. The molecule has 0 radical (unpaired) electrons. The normalized spacial score (nSPS) is 19.8. The van der Waals surface area contributed by atoms with E-state index in [0.717, 1.165) is 21.9 Å². The number of carbonyl (C=O) groups excluding carboxylic acids is 2. The molecule has 1 fully saturated rings. The molecule has 10 rings (SSSR count). The first-order valence-corrected chi connectivity index (χ1v) is 19.0. The Labute approximate surface area is 313 Å². The molecule has 0 saturated heterocycles. The predicted octanol–water partition coefficient (Wildman–Crippen LogP) is 11.5. The number of thiophene rings is 1. The molecule has 1 saturated carbocycles. The molecule has 1 aromatic heterocycles. The van der Waals surface area contributed by atoms with Gasteiger partial charge < -0.3 is 4.90 Å². The van der Waals surface area contributed by atoms with Crippen molar-refractivity contribution in [2.45, 2.75) is 19.3 Å². The topological polar surface area (TPSA) is 37.4 Å². The highest BCUT2D eigenvalue weighted by Crippen LogP contribution is 2.65. The van der Waals surface area contributed by atoms with Crippen molar-refractivity contribution in [3.63, 3.8) is 0 Å². The Kier molecular flexibility index (Phi) is 7.15. The number of rotatable bonds is 5. The van der Waals surface area contributed by atoms with Crippen LogP contribution >= 0.6 is 11.3 Å². The zero-order valence-electron chi connectivity index (χ0n) is 29.4. The van der Waals surface area contributed by atoms with Crippen LogP contribution < -0.4 is 4.90 Å². The predicted molar refractivity (Wildman–Crippen MR) is 217 cm³/mol. The quantitative estimate of drug-likeness (QED) is 0.102. The summed E-state index contributed by atoms with van der Waals surface area (Å²) < 4.78 is 0. The van der Waals surface area contributed by atoms with Crippen molar-refractivity contribution in [1.29, 1.82) is 0 Å². The fourth-order valence-electron chi connectivity index (χ4n) is 9.15. The molecule has 0 aliphatic heterocycles. The number of para-hydroxylation sites is 1. The average Bonchev–Trinajstić information content (AvgIpc) is 3.89. The maximum Gasteiger partial charge on any atom is 0.197 e. The van der Waals surface area contributed by atoms with Crippen molar-refractivity contribution in [2.24, 2.45) is 11.8 Å². The number of hydrogen-bond acceptors (Lipinski definition) is 4. The van der Waals surface area contributed by atoms with Gasteiger partial charge in [-0.2, -0.15) is 0 Å². The first kappa shape index (κ1) is 31.6. The van der Waals surface area contributed by atoms with E-state index in [1.54, 1.807) is 11.3 Å². The summed E-state index contributed by atoms with van der Waals surface area (Å²) in [6.07, 6.45) is 20.3. The zero-order valence-corrected chi connectivity index (χ0v) is 30.2. The van der Waals surface area contributed by atoms with Crippen molar-refractivity contribution in [3.8, 4) is 21.6 Å². The van der Waals surface area contributed by atoms with Crippen LogP contribution in [0.1, 0.15) is 41.0 Å². The van der Waals surface area contributed by atoms with Gasteiger partial charge in [-0.15, -0.1) is 11.3 Å². The van der Waals surface area contributed by atoms with Crippen LogP contribution in [-0.4, -0.2) is 11.6 Å². The van der Waals surface area contributed by atoms with Crippen LogP contribution in [0.15, 0.2) is 180 Å². The lowest BCUT2D eigenvalue weighted by atomic mass is 9.71. The lowest BCUT2D eigenvalue weighted by molar-refractivity contribution is -0.115. The first-order chi connectivity index (χ1) is 26.0. The summed E-state index contributed by atoms with van der Waals surface area (Å²) >= 11 is 1.67. The van der Waals surface area contributed by atoms with Crippen molar-refractivity contribution >= 4 is 40.4 Å². The Bertz CT molecular complexity index is 2550. The number of ketones is 2. The molecule has 1 heterocycles. The third-order valence-electron chi connectivity index (χ3n) is 11.4. The molecule has 254 valence electrons. The second kappa shape index (κ2) is 12.0. The number of hydrogen-bond donors (Lipinski definition) is 0. The minimum absolute atomic E-state index is 0.101. The number of anilines is 2. The fourth-order valence-corrected chi connectivity index (χ4v) is 10.3. The molecule has 53 heavy (non-hydrogen) atoms. The van der Waals surface area contributed by atoms with Crippen molar-refractivity contribution in [3.05, 3.63) is 207 Å². The molecular weight excluding hydrogens is 667 g/mol. The van der Waals surface area contributed by atoms with Gasteiger partial charge in [0.25, 0.3) is 0 Å². The van der Waals surface area contributed by atoms with Crippen LogP contribution in [0.5, 0.6) is 0 Å². The van der Waals surface area contributed by atoms with Gasteiger partial charge >= 0.3 is 0 Å². The molecule has 5 aromatic rings. The number of benzene rings is 4. The molecule has 2 unspecified atom stereocenters. The lowest BCUT2D eigenvalue weighted by Gasteiger charge is -2.32. The highest BCUT2D eigenvalue weighted by atomic mass is 32.1. The van der Waals surface area contributed by atoms with Gasteiger partial charge in [-0.25, -0.2) is 0 Å². The molecule has 0 amide bonds. The van der Waals surface area contributed by atoms with Crippen LogP contribution in [-0.2, 0) is 15.0 Å². The van der Waals surface area contributed by atoms with Gasteiger partial charge in [0, 0.05) is 49.8 Å². The van der Waals surface area contributed by atoms with E-state index in [-0.39, 0.29) is 29.0 Å². The number of fused-ring (bicyclic) bond motifs is 12. The third kappa shape index (κ3) is 4.52. The Hall–Kier alpha value is -6.10. The average molecular weight is 702 g/mol. The summed E-state index contributed by atoms with van der Waals surface area (Å²) in [5, 5.41) is 0. The van der Waals surface area contributed by atoms with Crippen LogP contribution in [0.25, 0.3) is 27.6 Å². The van der Waals surface area contributed by atoms with Gasteiger partial charge in [-0.3, -0.25) is 9.59 Å². The maximum absolute atomic E-state index is 13.9. The van der Waals surface area contributed by atoms with Gasteiger partial charge in [0.15, 0.2) is 11.6 Å². The monoisotopic (exact) mass is 701 g/mol. The largest absolute Gasteiger partial charge is 0.315 e. The van der Waals surface area contributed by atoms with E-state index in [1.165, 1.54) is 43.8 Å². The van der Waals surface area contributed by atoms with Gasteiger partial charge in [-0.1, -0.05) is 121 Å². The molecule has 4 heteroatoms. The highest BCUT2D eigenvalue weighted by molar-refractivity contribution is 7.16. The molecule has 0 bridgehead atoms. The maximum atomic E-state index is 13.9. The van der Waals surface area contributed by atoms with Crippen LogP contribution in [0.2, 0.25) is 0 Å². The molecule has 1 spiro atoms. The van der Waals surface area contributed by atoms with E-state index >= 15 is 0 Å². The SMILES string of the molecule is C/C=C\C=C(/C)N(c1ccccc1)c1ccc2c(c1)C1(c3ccccc3-c3ccccc31)c1cc(C=C3C(=O)C4=CC5C=CC=CC5C=C4C3=O)sc1-2. The summed E-state index contributed by atoms with van der Waals surface area (Å²) in [5.41, 5.74) is 12.7. The summed E-state index contributed by atoms with van der Waals surface area (Å²) in [6.45, 7) is 4.19. The zero-order chi connectivity index (χ0) is 35.8. The van der Waals surface area contributed by atoms with E-state index in [4.69, 9.17) is 0 Å². The first-order valence-electron chi connectivity index (χ1n) is 18.2. The Morgan fingerprint density at radius 2 is 1.30 bits per heavy atom. The summed E-state index contributed by atoms with van der Waals surface area (Å²) in [7, 11) is 0. The number of carbonyl (C=O) groups is 2. The van der Waals surface area contributed by atoms with Crippen LogP contribution in [0.3, 0.4) is 0 Å². The molecule has 3 nitrogen and oxygen atoms in total. The summed E-state index contributed by atoms with van der Waals surface area (Å²) in [5.74, 6) is -0.140. The number of Topliss-reactive ketones (excluding diaryl/α,β-unsaturated/α-hetero) is 2. The standard InChI is InChI=1S/C49H35NO2S/c1-3-4-14-30(2)50(33-17-6-5-7-18-33)34-23-24-38-44(27-34)49(42-21-12-10-19-36(42)37-20-11-13-22-43(37)49)45-29-35(53-48(38)45)28-41-46(51)39-25-31-15-8-9-16-32(31)26-40(39)47(41)52/h3-29,31-32H,1-2H3/b4-3-,30-14+,41-28?. The van der Waals surface area contributed by atoms with Crippen LogP contribution in [0, 0.1) is 11.8 Å². The molecule has 5 aliphatic carbocycles. The van der Waals surface area contributed by atoms with Crippen LogP contribution in [0.4, 0.5) is 11.4 Å². The minimum Gasteiger partial charge on any atom is -0.315 e. The second-order valence-electron chi connectivity index (χ2n) is 14.3. The summed E-state index contributed by atoms with van der Waals surface area (Å²) in [6, 6.07) is 37.2. The van der Waals surface area contributed by atoms with E-state index in [1.807, 2.05) is 37.3 Å². The molecule has 5 aliphatic rings. The van der Waals surface area contributed by atoms with E-state index < -0.39 is 5.41 Å².